The van der Waals surface area contributed by atoms with Gasteiger partial charge in [-0.05, 0) is 44.8 Å². The third-order valence-electron chi connectivity index (χ3n) is 5.31. The number of anilines is 1. The second kappa shape index (κ2) is 8.45. The van der Waals surface area contributed by atoms with Gasteiger partial charge >= 0.3 is 0 Å². The van der Waals surface area contributed by atoms with E-state index in [0.29, 0.717) is 23.8 Å². The lowest BCUT2D eigenvalue weighted by Gasteiger charge is -2.40. The van der Waals surface area contributed by atoms with Crippen LogP contribution in [0.1, 0.15) is 6.42 Å². The molecule has 7 heteroatoms. The first-order valence-electron chi connectivity index (χ1n) is 9.66. The molecule has 1 aromatic carbocycles. The average Bonchev–Trinajstić information content (AvgIpc) is 2.74. The number of hydrogen-bond acceptors (Lipinski definition) is 6. The highest BCUT2D eigenvalue weighted by Crippen LogP contribution is 2.28. The highest BCUT2D eigenvalue weighted by molar-refractivity contribution is 6.30. The summed E-state index contributed by atoms with van der Waals surface area (Å²) >= 11 is 6.06. The minimum absolute atomic E-state index is 0.0551. The van der Waals surface area contributed by atoms with Crippen molar-refractivity contribution in [3.05, 3.63) is 59.9 Å². The first kappa shape index (κ1) is 19.8. The van der Waals surface area contributed by atoms with Crippen LogP contribution in [0.2, 0.25) is 5.02 Å². The lowest BCUT2D eigenvalue weighted by Crippen LogP contribution is -2.53. The van der Waals surface area contributed by atoms with Crippen molar-refractivity contribution in [2.45, 2.75) is 18.6 Å². The van der Waals surface area contributed by atoms with E-state index < -0.39 is 0 Å². The summed E-state index contributed by atoms with van der Waals surface area (Å²) in [6.07, 6.45) is 3.87. The molecular weight excluding hydrogens is 386 g/mol. The Kier molecular flexibility index (Phi) is 5.76. The molecule has 150 valence electrons. The Bertz CT molecular complexity index is 965. The Labute approximate surface area is 175 Å². The van der Waals surface area contributed by atoms with Crippen molar-refractivity contribution < 1.29 is 5.11 Å². The maximum atomic E-state index is 10.4. The van der Waals surface area contributed by atoms with Crippen molar-refractivity contribution in [3.63, 3.8) is 0 Å². The molecule has 1 aliphatic heterocycles. The summed E-state index contributed by atoms with van der Waals surface area (Å²) in [4.78, 5) is 18.1. The van der Waals surface area contributed by atoms with Crippen LogP contribution >= 0.6 is 11.6 Å². The quantitative estimate of drug-likeness (QED) is 0.712. The molecule has 3 heterocycles. The molecule has 4 rings (SSSR count). The van der Waals surface area contributed by atoms with Gasteiger partial charge in [-0.1, -0.05) is 23.7 Å². The van der Waals surface area contributed by atoms with E-state index in [0.717, 1.165) is 29.2 Å². The van der Waals surface area contributed by atoms with Gasteiger partial charge in [-0.3, -0.25) is 4.98 Å². The third-order valence-corrected chi connectivity index (χ3v) is 5.56. The molecule has 0 bridgehead atoms. The van der Waals surface area contributed by atoms with Crippen LogP contribution in [0.25, 0.3) is 22.6 Å². The summed E-state index contributed by atoms with van der Waals surface area (Å²) in [7, 11) is 4.00. The average molecular weight is 410 g/mol. The fraction of sp³-hybridized carbons (Fsp3) is 0.318. The van der Waals surface area contributed by atoms with Gasteiger partial charge in [0.1, 0.15) is 5.82 Å². The largest absolute Gasteiger partial charge is 0.391 e. The smallest absolute Gasteiger partial charge is 0.163 e. The summed E-state index contributed by atoms with van der Waals surface area (Å²) < 4.78 is 0. The second-order valence-electron chi connectivity index (χ2n) is 7.52. The molecule has 0 spiro atoms. The van der Waals surface area contributed by atoms with Crippen LogP contribution in [0.3, 0.4) is 0 Å². The summed E-state index contributed by atoms with van der Waals surface area (Å²) in [5.74, 6) is 1.48. The molecule has 0 radical (unpaired) electrons. The molecule has 29 heavy (non-hydrogen) atoms. The van der Waals surface area contributed by atoms with Gasteiger partial charge in [0.2, 0.25) is 0 Å². The number of piperidine rings is 1. The number of nitrogens with zero attached hydrogens (tertiary/aromatic N) is 5. The molecule has 0 aliphatic carbocycles. The number of aromatic nitrogens is 3. The first-order chi connectivity index (χ1) is 14.0. The Morgan fingerprint density at radius 3 is 2.59 bits per heavy atom. The topological polar surface area (TPSA) is 65.4 Å². The molecule has 2 unspecified atom stereocenters. The number of rotatable bonds is 4. The SMILES string of the molecule is CN(C)C1CN(c2cc(-c3ccc(Cl)cc3)nc(-c3cccnc3)n2)CCC1O. The zero-order valence-corrected chi connectivity index (χ0v) is 17.3. The maximum absolute atomic E-state index is 10.4. The summed E-state index contributed by atoms with van der Waals surface area (Å²) in [6, 6.07) is 13.6. The van der Waals surface area contributed by atoms with Gasteiger partial charge in [-0.15, -0.1) is 0 Å². The Balaban J connectivity index is 1.76. The summed E-state index contributed by atoms with van der Waals surface area (Å²) in [6.45, 7) is 1.45. The molecule has 1 N–H and O–H groups in total. The van der Waals surface area contributed by atoms with E-state index >= 15 is 0 Å². The van der Waals surface area contributed by atoms with Crippen LogP contribution < -0.4 is 4.90 Å². The molecule has 1 fully saturated rings. The van der Waals surface area contributed by atoms with E-state index in [4.69, 9.17) is 21.6 Å². The number of pyridine rings is 1. The van der Waals surface area contributed by atoms with E-state index in [-0.39, 0.29) is 12.1 Å². The fourth-order valence-corrected chi connectivity index (χ4v) is 3.75. The van der Waals surface area contributed by atoms with Crippen LogP contribution in [-0.2, 0) is 0 Å². The molecule has 2 aromatic heterocycles. The third kappa shape index (κ3) is 4.40. The first-order valence-corrected chi connectivity index (χ1v) is 10.0. The van der Waals surface area contributed by atoms with E-state index in [1.165, 1.54) is 0 Å². The number of halogens is 1. The maximum Gasteiger partial charge on any atom is 0.163 e. The van der Waals surface area contributed by atoms with Crippen LogP contribution in [-0.4, -0.2) is 64.3 Å². The molecule has 2 atom stereocenters. The summed E-state index contributed by atoms with van der Waals surface area (Å²) in [5.41, 5.74) is 2.67. The van der Waals surface area contributed by atoms with Crippen LogP contribution in [0.5, 0.6) is 0 Å². The molecule has 1 aliphatic rings. The minimum Gasteiger partial charge on any atom is -0.391 e. The van der Waals surface area contributed by atoms with Crippen LogP contribution in [0.4, 0.5) is 5.82 Å². The fourth-order valence-electron chi connectivity index (χ4n) is 3.62. The highest BCUT2D eigenvalue weighted by atomic mass is 35.5. The van der Waals surface area contributed by atoms with Crippen molar-refractivity contribution in [2.24, 2.45) is 0 Å². The number of aliphatic hydroxyl groups excluding tert-OH is 1. The zero-order chi connectivity index (χ0) is 20.4. The van der Waals surface area contributed by atoms with Crippen molar-refractivity contribution in [2.75, 3.05) is 32.1 Å². The second-order valence-corrected chi connectivity index (χ2v) is 7.95. The van der Waals surface area contributed by atoms with E-state index in [1.54, 1.807) is 12.4 Å². The predicted molar refractivity (Wildman–Crippen MR) is 116 cm³/mol. The standard InChI is InChI=1S/C22H24ClN5O/c1-27(2)19-14-28(11-9-20(19)29)21-12-18(15-5-7-17(23)8-6-15)25-22(26-21)16-4-3-10-24-13-16/h3-8,10,12-13,19-20,29H,9,11,14H2,1-2H3. The Hall–Kier alpha value is -2.54. The van der Waals surface area contributed by atoms with Gasteiger partial charge in [-0.25, -0.2) is 9.97 Å². The molecule has 0 saturated carbocycles. The Morgan fingerprint density at radius 1 is 1.10 bits per heavy atom. The van der Waals surface area contributed by atoms with Crippen molar-refractivity contribution in [1.82, 2.24) is 19.9 Å². The van der Waals surface area contributed by atoms with Crippen LogP contribution in [0.15, 0.2) is 54.9 Å². The molecule has 0 amide bonds. The van der Waals surface area contributed by atoms with Gasteiger partial charge in [0.15, 0.2) is 5.82 Å². The van der Waals surface area contributed by atoms with Crippen molar-refractivity contribution in [3.8, 4) is 22.6 Å². The Morgan fingerprint density at radius 2 is 1.90 bits per heavy atom. The van der Waals surface area contributed by atoms with E-state index in [1.807, 2.05) is 56.6 Å². The van der Waals surface area contributed by atoms with E-state index in [9.17, 15) is 5.11 Å². The zero-order valence-electron chi connectivity index (χ0n) is 16.5. The normalized spacial score (nSPS) is 19.6. The number of likely N-dealkylation sites (N-methyl/N-ethyl adjacent to an activating group) is 1. The number of benzene rings is 1. The van der Waals surface area contributed by atoms with Gasteiger partial charge in [0.05, 0.1) is 17.8 Å². The monoisotopic (exact) mass is 409 g/mol. The van der Waals surface area contributed by atoms with Crippen molar-refractivity contribution >= 4 is 17.4 Å². The lowest BCUT2D eigenvalue weighted by molar-refractivity contribution is 0.0601. The van der Waals surface area contributed by atoms with Gasteiger partial charge in [0.25, 0.3) is 0 Å². The molecule has 1 saturated heterocycles. The van der Waals surface area contributed by atoms with Gasteiger partial charge in [0, 0.05) is 47.7 Å². The summed E-state index contributed by atoms with van der Waals surface area (Å²) in [5, 5.41) is 11.1. The van der Waals surface area contributed by atoms with Gasteiger partial charge in [-0.2, -0.15) is 0 Å². The molecule has 6 nitrogen and oxygen atoms in total. The van der Waals surface area contributed by atoms with Crippen LogP contribution in [0, 0.1) is 0 Å². The van der Waals surface area contributed by atoms with Crippen molar-refractivity contribution in [1.29, 1.82) is 0 Å². The lowest BCUT2D eigenvalue weighted by atomic mass is 10.0. The van der Waals surface area contributed by atoms with E-state index in [2.05, 4.69) is 14.8 Å². The van der Waals surface area contributed by atoms with Gasteiger partial charge < -0.3 is 14.9 Å². The molecule has 3 aromatic rings. The number of aliphatic hydroxyl groups is 1. The molecular formula is C22H24ClN5O. The predicted octanol–water partition coefficient (Wildman–Crippen LogP) is 3.36. The minimum atomic E-state index is -0.336. The number of hydrogen-bond donors (Lipinski definition) is 1. The highest BCUT2D eigenvalue weighted by Gasteiger charge is 2.30.